The zero-order chi connectivity index (χ0) is 18.9. The van der Waals surface area contributed by atoms with E-state index in [1.807, 2.05) is 6.07 Å². The number of nitrogens with zero attached hydrogens (tertiary/aromatic N) is 4. The molecule has 1 saturated heterocycles. The molecule has 5 nitrogen and oxygen atoms in total. The largest absolute Gasteiger partial charge is 0.433 e. The summed E-state index contributed by atoms with van der Waals surface area (Å²) in [7, 11) is 2.05. The molecule has 0 amide bonds. The van der Waals surface area contributed by atoms with E-state index in [2.05, 4.69) is 26.8 Å². The normalized spacial score (nSPS) is 16.0. The highest BCUT2D eigenvalue weighted by Crippen LogP contribution is 2.38. The lowest BCUT2D eigenvalue weighted by Crippen LogP contribution is -2.44. The van der Waals surface area contributed by atoms with Crippen molar-refractivity contribution in [2.24, 2.45) is 0 Å². The van der Waals surface area contributed by atoms with Gasteiger partial charge in [0.1, 0.15) is 5.02 Å². The number of ether oxygens (including phenoxy) is 1. The Morgan fingerprint density at radius 3 is 2.46 bits per heavy atom. The van der Waals surface area contributed by atoms with Crippen molar-refractivity contribution in [1.29, 1.82) is 0 Å². The molecule has 0 saturated carbocycles. The number of hydrogen-bond donors (Lipinski definition) is 0. The first-order chi connectivity index (χ1) is 12.3. The van der Waals surface area contributed by atoms with Crippen LogP contribution in [0.3, 0.4) is 0 Å². The van der Waals surface area contributed by atoms with Gasteiger partial charge in [0.2, 0.25) is 5.88 Å². The van der Waals surface area contributed by atoms with Crippen LogP contribution < -0.4 is 9.64 Å². The Bertz CT molecular complexity index is 792. The first-order valence-electron chi connectivity index (χ1n) is 8.05. The number of likely N-dealkylation sites (N-methyl/N-ethyl adjacent to an activating group) is 1. The molecule has 140 valence electrons. The summed E-state index contributed by atoms with van der Waals surface area (Å²) in [4.78, 5) is 12.3. The van der Waals surface area contributed by atoms with Crippen LogP contribution >= 0.6 is 11.6 Å². The first-order valence-corrected chi connectivity index (χ1v) is 8.43. The van der Waals surface area contributed by atoms with Crippen molar-refractivity contribution in [2.45, 2.75) is 13.1 Å². The average Bonchev–Trinajstić information content (AvgIpc) is 2.58. The standard InChI is InChI=1S/C17H18ClF3N4O/c1-11-15(14(3-4-22-11)25-7-5-24(2)6-8-25)26-16-13(18)9-12(10-23-16)17(19,20)21/h3-4,9-10H,5-8H2,1-2H3. The molecule has 0 atom stereocenters. The van der Waals surface area contributed by atoms with Crippen LogP contribution in [-0.2, 0) is 6.18 Å². The van der Waals surface area contributed by atoms with Gasteiger partial charge in [0.05, 0.1) is 16.9 Å². The molecule has 0 radical (unpaired) electrons. The number of rotatable bonds is 3. The van der Waals surface area contributed by atoms with Gasteiger partial charge in [-0.1, -0.05) is 11.6 Å². The lowest BCUT2D eigenvalue weighted by molar-refractivity contribution is -0.137. The van der Waals surface area contributed by atoms with E-state index in [0.29, 0.717) is 17.6 Å². The number of aromatic nitrogens is 2. The lowest BCUT2D eigenvalue weighted by atomic mass is 10.2. The number of piperazine rings is 1. The third-order valence-corrected chi connectivity index (χ3v) is 4.51. The fourth-order valence-electron chi connectivity index (χ4n) is 2.71. The van der Waals surface area contributed by atoms with E-state index in [1.165, 1.54) is 0 Å². The predicted molar refractivity (Wildman–Crippen MR) is 93.0 cm³/mol. The fourth-order valence-corrected chi connectivity index (χ4v) is 2.92. The zero-order valence-electron chi connectivity index (χ0n) is 14.3. The monoisotopic (exact) mass is 386 g/mol. The van der Waals surface area contributed by atoms with E-state index in [0.717, 1.165) is 37.9 Å². The Kier molecular flexibility index (Phi) is 5.24. The van der Waals surface area contributed by atoms with Crippen LogP contribution in [0, 0.1) is 6.92 Å². The van der Waals surface area contributed by atoms with Gasteiger partial charge >= 0.3 is 6.18 Å². The molecular formula is C17H18ClF3N4O. The van der Waals surface area contributed by atoms with Crippen molar-refractivity contribution in [3.05, 3.63) is 40.8 Å². The molecule has 1 fully saturated rings. The van der Waals surface area contributed by atoms with E-state index in [4.69, 9.17) is 16.3 Å². The third-order valence-electron chi connectivity index (χ3n) is 4.24. The Balaban J connectivity index is 1.91. The van der Waals surface area contributed by atoms with Crippen molar-refractivity contribution < 1.29 is 17.9 Å². The zero-order valence-corrected chi connectivity index (χ0v) is 15.1. The summed E-state index contributed by atoms with van der Waals surface area (Å²) in [6, 6.07) is 2.64. The van der Waals surface area contributed by atoms with Gasteiger partial charge in [-0.15, -0.1) is 0 Å². The quantitative estimate of drug-likeness (QED) is 0.797. The molecule has 0 N–H and O–H groups in total. The van der Waals surface area contributed by atoms with Crippen LogP contribution in [0.1, 0.15) is 11.3 Å². The van der Waals surface area contributed by atoms with Gasteiger partial charge in [0, 0.05) is 38.6 Å². The molecule has 3 heterocycles. The maximum Gasteiger partial charge on any atom is 0.417 e. The van der Waals surface area contributed by atoms with Crippen LogP contribution in [0.5, 0.6) is 11.6 Å². The van der Waals surface area contributed by atoms with Gasteiger partial charge in [-0.3, -0.25) is 4.98 Å². The molecule has 2 aromatic rings. The van der Waals surface area contributed by atoms with E-state index >= 15 is 0 Å². The molecule has 1 aliphatic rings. The SMILES string of the molecule is Cc1nccc(N2CCN(C)CC2)c1Oc1ncc(C(F)(F)F)cc1Cl. The van der Waals surface area contributed by atoms with E-state index in [1.54, 1.807) is 13.1 Å². The molecule has 1 aliphatic heterocycles. The molecule has 0 aliphatic carbocycles. The molecule has 2 aromatic heterocycles. The number of pyridine rings is 2. The molecule has 0 unspecified atom stereocenters. The summed E-state index contributed by atoms with van der Waals surface area (Å²) in [5.41, 5.74) is 0.514. The van der Waals surface area contributed by atoms with Gasteiger partial charge in [-0.05, 0) is 26.1 Å². The van der Waals surface area contributed by atoms with E-state index in [9.17, 15) is 13.2 Å². The summed E-state index contributed by atoms with van der Waals surface area (Å²) in [5, 5.41) is -0.201. The van der Waals surface area contributed by atoms with Crippen LogP contribution in [0.25, 0.3) is 0 Å². The molecule has 0 aromatic carbocycles. The third kappa shape index (κ3) is 4.02. The highest BCUT2D eigenvalue weighted by Gasteiger charge is 2.32. The van der Waals surface area contributed by atoms with Crippen molar-refractivity contribution in [1.82, 2.24) is 14.9 Å². The van der Waals surface area contributed by atoms with Crippen molar-refractivity contribution >= 4 is 17.3 Å². The molecule has 26 heavy (non-hydrogen) atoms. The van der Waals surface area contributed by atoms with Crippen LogP contribution in [0.2, 0.25) is 5.02 Å². The van der Waals surface area contributed by atoms with Crippen LogP contribution in [0.15, 0.2) is 24.5 Å². The van der Waals surface area contributed by atoms with E-state index < -0.39 is 11.7 Å². The maximum absolute atomic E-state index is 12.8. The van der Waals surface area contributed by atoms with Gasteiger partial charge in [0.25, 0.3) is 0 Å². The number of anilines is 1. The lowest BCUT2D eigenvalue weighted by Gasteiger charge is -2.34. The second kappa shape index (κ2) is 7.28. The number of aryl methyl sites for hydroxylation is 1. The Morgan fingerprint density at radius 1 is 1.15 bits per heavy atom. The molecular weight excluding hydrogens is 369 g/mol. The Labute approximate surface area is 154 Å². The fraction of sp³-hybridized carbons (Fsp3) is 0.412. The molecule has 9 heteroatoms. The van der Waals surface area contributed by atoms with Crippen molar-refractivity contribution in [2.75, 3.05) is 38.1 Å². The Hall–Kier alpha value is -2.06. The summed E-state index contributed by atoms with van der Waals surface area (Å²) in [6.07, 6.45) is -2.12. The summed E-state index contributed by atoms with van der Waals surface area (Å²) < 4.78 is 44.1. The summed E-state index contributed by atoms with van der Waals surface area (Å²) in [5.74, 6) is 0.373. The second-order valence-corrected chi connectivity index (χ2v) is 6.55. The van der Waals surface area contributed by atoms with Crippen molar-refractivity contribution in [3.63, 3.8) is 0 Å². The molecule has 3 rings (SSSR count). The summed E-state index contributed by atoms with van der Waals surface area (Å²) >= 11 is 5.97. The van der Waals surface area contributed by atoms with Crippen LogP contribution in [0.4, 0.5) is 18.9 Å². The van der Waals surface area contributed by atoms with Gasteiger partial charge in [0.15, 0.2) is 5.75 Å². The highest BCUT2D eigenvalue weighted by atomic mass is 35.5. The maximum atomic E-state index is 12.8. The van der Waals surface area contributed by atoms with E-state index in [-0.39, 0.29) is 10.9 Å². The van der Waals surface area contributed by atoms with Gasteiger partial charge < -0.3 is 14.5 Å². The Morgan fingerprint density at radius 2 is 1.85 bits per heavy atom. The number of halogens is 4. The average molecular weight is 387 g/mol. The number of hydrogen-bond acceptors (Lipinski definition) is 5. The topological polar surface area (TPSA) is 41.5 Å². The van der Waals surface area contributed by atoms with Crippen LogP contribution in [-0.4, -0.2) is 48.1 Å². The second-order valence-electron chi connectivity index (χ2n) is 6.15. The van der Waals surface area contributed by atoms with Crippen molar-refractivity contribution in [3.8, 4) is 11.6 Å². The van der Waals surface area contributed by atoms with Gasteiger partial charge in [-0.2, -0.15) is 13.2 Å². The molecule has 0 spiro atoms. The predicted octanol–water partition coefficient (Wildman–Crippen LogP) is 4.00. The first kappa shape index (κ1) is 18.7. The minimum absolute atomic E-state index is 0.0776. The summed E-state index contributed by atoms with van der Waals surface area (Å²) in [6.45, 7) is 5.20. The molecule has 0 bridgehead atoms. The minimum Gasteiger partial charge on any atom is -0.433 e. The van der Waals surface area contributed by atoms with Gasteiger partial charge in [-0.25, -0.2) is 4.98 Å². The number of alkyl halides is 3. The minimum atomic E-state index is -4.51. The highest BCUT2D eigenvalue weighted by molar-refractivity contribution is 6.31. The smallest absolute Gasteiger partial charge is 0.417 e.